The zero-order valence-electron chi connectivity index (χ0n) is 22.4. The van der Waals surface area contributed by atoms with Crippen LogP contribution in [0.25, 0.3) is 0 Å². The predicted molar refractivity (Wildman–Crippen MR) is 139 cm³/mol. The summed E-state index contributed by atoms with van der Waals surface area (Å²) in [5.74, 6) is 0. The molecule has 0 aromatic heterocycles. The SMILES string of the molecule is O=P(O)(O)O[C@H]1[C@H](OP(=O)(O)O)[C@@H](OP(=O)(O)O)[C@H](OP(=O)(O)O)[C@@H](OP(=O)(O)O)[C@H]1OP(=O)(O)O.OCCN(CCO)CCO. The molecule has 0 aliphatic heterocycles. The number of hydrogen-bond acceptors (Lipinski definition) is 16. The molecule has 0 aromatic carbocycles. The van der Waals surface area contributed by atoms with Gasteiger partial charge in [0.25, 0.3) is 0 Å². The standard InChI is InChI=1S/C6H15NO3.C6H18O24P6/c8-4-1-7(2-5-9)3-6-10;7-31(8,9)25-1-2(26-32(10,11)12)4(28-34(16,17)18)6(30-36(22,23)24)5(29-35(19,20)21)3(1)27-33(13,14)15/h8-10H,1-6H2;1-6H,(H2,7,8,9)(H2,10,11,12)(H2,13,14,15)(H2,16,17,18)(H2,19,20,21)(H2,22,23,24)/t;1-,2-,3-,4+,5-,6-. The van der Waals surface area contributed by atoms with E-state index in [9.17, 15) is 27.4 Å². The first-order valence-corrected chi connectivity index (χ1v) is 20.6. The highest BCUT2D eigenvalue weighted by molar-refractivity contribution is 7.47. The van der Waals surface area contributed by atoms with Gasteiger partial charge in [-0.15, -0.1) is 0 Å². The van der Waals surface area contributed by atoms with Gasteiger partial charge in [-0.2, -0.15) is 0 Å². The molecule has 0 saturated heterocycles. The van der Waals surface area contributed by atoms with Crippen molar-refractivity contribution < 1.29 is 129 Å². The molecule has 0 bridgehead atoms. The van der Waals surface area contributed by atoms with Crippen LogP contribution in [0.15, 0.2) is 0 Å². The molecule has 0 spiro atoms. The van der Waals surface area contributed by atoms with E-state index in [-0.39, 0.29) is 19.8 Å². The Morgan fingerprint density at radius 3 is 0.565 bits per heavy atom. The molecule has 0 radical (unpaired) electrons. The van der Waals surface area contributed by atoms with Gasteiger partial charge in [-0.05, 0) is 0 Å². The van der Waals surface area contributed by atoms with Gasteiger partial charge < -0.3 is 74.0 Å². The molecule has 1 aliphatic rings. The zero-order chi connectivity index (χ0) is 36.5. The van der Waals surface area contributed by atoms with Gasteiger partial charge in [0, 0.05) is 19.6 Å². The molecule has 0 amide bonds. The smallest absolute Gasteiger partial charge is 0.395 e. The topological polar surface area (TPSA) is 464 Å². The summed E-state index contributed by atoms with van der Waals surface area (Å²) in [6.45, 7) is 1.75. The van der Waals surface area contributed by atoms with E-state index in [1.54, 1.807) is 4.90 Å². The Kier molecular flexibility index (Phi) is 18.9. The Balaban J connectivity index is 0.00000173. The van der Waals surface area contributed by atoms with Crippen LogP contribution in [0.2, 0.25) is 0 Å². The van der Waals surface area contributed by atoms with E-state index in [0.717, 1.165) is 0 Å². The second kappa shape index (κ2) is 18.7. The highest BCUT2D eigenvalue weighted by Crippen LogP contribution is 2.57. The quantitative estimate of drug-likeness (QED) is 0.0577. The van der Waals surface area contributed by atoms with Crippen molar-refractivity contribution in [1.82, 2.24) is 4.90 Å². The van der Waals surface area contributed by atoms with Crippen molar-refractivity contribution in [3.8, 4) is 0 Å². The van der Waals surface area contributed by atoms with E-state index in [2.05, 4.69) is 27.1 Å². The maximum absolute atomic E-state index is 11.4. The van der Waals surface area contributed by atoms with Crippen molar-refractivity contribution in [1.29, 1.82) is 0 Å². The Hall–Kier alpha value is 0.500. The fourth-order valence-corrected chi connectivity index (χ4v) is 6.89. The number of aliphatic hydroxyl groups excluding tert-OH is 3. The first kappa shape index (κ1) is 46.5. The van der Waals surface area contributed by atoms with E-state index in [1.165, 1.54) is 0 Å². The fraction of sp³-hybridized carbons (Fsp3) is 1.00. The van der Waals surface area contributed by atoms with Crippen LogP contribution in [0.5, 0.6) is 0 Å². The van der Waals surface area contributed by atoms with E-state index in [1.807, 2.05) is 0 Å². The average molecular weight is 809 g/mol. The second-order valence-corrected chi connectivity index (χ2v) is 15.5. The highest BCUT2D eigenvalue weighted by atomic mass is 31.2. The van der Waals surface area contributed by atoms with Crippen LogP contribution >= 0.6 is 46.9 Å². The molecule has 0 aromatic rings. The molecule has 46 heavy (non-hydrogen) atoms. The van der Waals surface area contributed by atoms with Crippen LogP contribution in [0.1, 0.15) is 0 Å². The summed E-state index contributed by atoms with van der Waals surface area (Å²) in [4.78, 5) is 111. The first-order valence-electron chi connectivity index (χ1n) is 11.4. The fourth-order valence-electron chi connectivity index (χ4n) is 3.55. The summed E-state index contributed by atoms with van der Waals surface area (Å²) in [5.41, 5.74) is 0. The minimum absolute atomic E-state index is 0.0694. The normalized spacial score (nSPS) is 25.3. The maximum Gasteiger partial charge on any atom is 0.470 e. The van der Waals surface area contributed by atoms with Crippen molar-refractivity contribution >= 4 is 46.9 Å². The Bertz CT molecular complexity index is 968. The van der Waals surface area contributed by atoms with Gasteiger partial charge in [-0.25, -0.2) is 27.4 Å². The number of hydrogen-bond donors (Lipinski definition) is 15. The van der Waals surface area contributed by atoms with Crippen molar-refractivity contribution in [3.05, 3.63) is 0 Å². The van der Waals surface area contributed by atoms with Gasteiger partial charge in [0.2, 0.25) is 0 Å². The van der Waals surface area contributed by atoms with Crippen molar-refractivity contribution in [2.75, 3.05) is 39.5 Å². The summed E-state index contributed by atoms with van der Waals surface area (Å²) >= 11 is 0. The molecule has 1 rings (SSSR count). The molecule has 1 saturated carbocycles. The summed E-state index contributed by atoms with van der Waals surface area (Å²) in [7, 11) is -36.1. The highest BCUT2D eigenvalue weighted by Gasteiger charge is 2.62. The molecule has 28 nitrogen and oxygen atoms in total. The molecule has 34 heteroatoms. The van der Waals surface area contributed by atoms with Gasteiger partial charge >= 0.3 is 46.9 Å². The van der Waals surface area contributed by atoms with Crippen LogP contribution < -0.4 is 0 Å². The zero-order valence-corrected chi connectivity index (χ0v) is 27.8. The van der Waals surface area contributed by atoms with Crippen LogP contribution in [0.3, 0.4) is 0 Å². The molecule has 0 atom stereocenters. The third-order valence-electron chi connectivity index (χ3n) is 4.75. The lowest BCUT2D eigenvalue weighted by atomic mass is 9.85. The Morgan fingerprint density at radius 1 is 0.348 bits per heavy atom. The second-order valence-electron chi connectivity index (χ2n) is 8.38. The van der Waals surface area contributed by atoms with Gasteiger partial charge in [0.15, 0.2) is 0 Å². The van der Waals surface area contributed by atoms with Crippen molar-refractivity contribution in [2.45, 2.75) is 36.6 Å². The summed E-state index contributed by atoms with van der Waals surface area (Å²) < 4.78 is 93.1. The number of phosphoric ester groups is 6. The number of nitrogens with zero attached hydrogens (tertiary/aromatic N) is 1. The third-order valence-corrected chi connectivity index (χ3v) is 7.85. The van der Waals surface area contributed by atoms with Gasteiger partial charge in [-0.1, -0.05) is 0 Å². The summed E-state index contributed by atoms with van der Waals surface area (Å²) in [6, 6.07) is 0. The van der Waals surface area contributed by atoms with Crippen LogP contribution in [-0.4, -0.2) is 155 Å². The molecular weight excluding hydrogens is 776 g/mol. The molecular formula is C12H33NO27P6. The first-order chi connectivity index (χ1) is 20.4. The Morgan fingerprint density at radius 2 is 0.478 bits per heavy atom. The lowest BCUT2D eigenvalue weighted by molar-refractivity contribution is -0.202. The molecule has 278 valence electrons. The predicted octanol–water partition coefficient (Wildman–Crippen LogP) is -4.87. The lowest BCUT2D eigenvalue weighted by Gasteiger charge is -2.48. The van der Waals surface area contributed by atoms with Gasteiger partial charge in [-0.3, -0.25) is 32.0 Å². The lowest BCUT2D eigenvalue weighted by Crippen LogP contribution is -2.66. The van der Waals surface area contributed by atoms with Crippen LogP contribution in [0, 0.1) is 0 Å². The number of rotatable bonds is 18. The molecule has 1 fully saturated rings. The average Bonchev–Trinajstić information content (AvgIpc) is 2.77. The largest absolute Gasteiger partial charge is 0.470 e. The third kappa shape index (κ3) is 20.9. The number of aliphatic hydroxyl groups is 3. The molecule has 1 aliphatic carbocycles. The Labute approximate surface area is 256 Å². The van der Waals surface area contributed by atoms with E-state index in [0.29, 0.717) is 19.6 Å². The van der Waals surface area contributed by atoms with E-state index >= 15 is 0 Å². The summed E-state index contributed by atoms with van der Waals surface area (Å²) in [5, 5.41) is 25.5. The summed E-state index contributed by atoms with van der Waals surface area (Å²) in [6.07, 6.45) is -18.9. The van der Waals surface area contributed by atoms with Crippen molar-refractivity contribution in [2.24, 2.45) is 0 Å². The molecule has 15 N–H and O–H groups in total. The van der Waals surface area contributed by atoms with Crippen molar-refractivity contribution in [3.63, 3.8) is 0 Å². The molecule has 0 unspecified atom stereocenters. The maximum atomic E-state index is 11.4. The number of phosphoric acid groups is 6. The van der Waals surface area contributed by atoms with Gasteiger partial charge in [0.1, 0.15) is 36.6 Å². The van der Waals surface area contributed by atoms with E-state index < -0.39 is 83.6 Å². The van der Waals surface area contributed by atoms with Crippen LogP contribution in [-0.2, 0) is 54.5 Å². The minimum atomic E-state index is -6.02. The monoisotopic (exact) mass is 809 g/mol. The van der Waals surface area contributed by atoms with Gasteiger partial charge in [0.05, 0.1) is 19.8 Å². The van der Waals surface area contributed by atoms with Crippen LogP contribution in [0.4, 0.5) is 0 Å². The van der Waals surface area contributed by atoms with E-state index in [4.69, 9.17) is 74.0 Å². The molecule has 0 heterocycles. The minimum Gasteiger partial charge on any atom is -0.395 e.